The number of aromatic nitrogens is 3. The molecule has 0 aliphatic carbocycles. The number of amides is 1. The molecule has 0 saturated carbocycles. The summed E-state index contributed by atoms with van der Waals surface area (Å²) in [5, 5.41) is 6.39. The smallest absolute Gasteiger partial charge is 0.416 e. The van der Waals surface area contributed by atoms with Crippen LogP contribution in [-0.4, -0.2) is 32.9 Å². The Balaban J connectivity index is 1.52. The molecule has 0 radical (unpaired) electrons. The minimum atomic E-state index is -4.56. The highest BCUT2D eigenvalue weighted by atomic mass is 19.4. The monoisotopic (exact) mass is 432 g/mol. The van der Waals surface area contributed by atoms with Crippen LogP contribution < -0.4 is 14.8 Å². The zero-order valence-corrected chi connectivity index (χ0v) is 16.7. The third-order valence-electron chi connectivity index (χ3n) is 4.68. The summed E-state index contributed by atoms with van der Waals surface area (Å²) >= 11 is 0. The predicted octanol–water partition coefficient (Wildman–Crippen LogP) is 4.02. The van der Waals surface area contributed by atoms with Crippen LogP contribution in [0, 0.1) is 0 Å². The molecule has 1 aliphatic heterocycles. The Bertz CT molecular complexity index is 1110. The molecule has 0 unspecified atom stereocenters. The molecule has 2 aromatic carbocycles. The Morgan fingerprint density at radius 3 is 2.81 bits per heavy atom. The summed E-state index contributed by atoms with van der Waals surface area (Å²) in [6.45, 7) is 3.48. The van der Waals surface area contributed by atoms with Crippen molar-refractivity contribution in [2.45, 2.75) is 32.0 Å². The normalized spacial score (nSPS) is 14.6. The molecule has 1 amide bonds. The first kappa shape index (κ1) is 20.7. The first-order chi connectivity index (χ1) is 14.6. The van der Waals surface area contributed by atoms with Crippen LogP contribution in [0.15, 0.2) is 49.1 Å². The van der Waals surface area contributed by atoms with Crippen LogP contribution >= 0.6 is 0 Å². The SMILES string of the molecule is CC1(C)Cc2cccc(OCC(=O)Nc3cc(C(F)(F)F)ccc3-n3cncn3)c2O1. The minimum absolute atomic E-state index is 0.0652. The zero-order chi connectivity index (χ0) is 22.2. The van der Waals surface area contributed by atoms with Crippen molar-refractivity contribution in [2.24, 2.45) is 0 Å². The molecule has 0 spiro atoms. The molecular weight excluding hydrogens is 413 g/mol. The van der Waals surface area contributed by atoms with Gasteiger partial charge < -0.3 is 14.8 Å². The Kier molecular flexibility index (Phi) is 5.08. The number of para-hydroxylation sites is 1. The largest absolute Gasteiger partial charge is 0.483 e. The number of carbonyl (C=O) groups is 1. The Morgan fingerprint density at radius 1 is 1.29 bits per heavy atom. The Labute approximate surface area is 175 Å². The van der Waals surface area contributed by atoms with E-state index in [1.165, 1.54) is 23.4 Å². The van der Waals surface area contributed by atoms with Gasteiger partial charge in [0.15, 0.2) is 18.1 Å². The lowest BCUT2D eigenvalue weighted by Crippen LogP contribution is -2.25. The molecule has 0 fully saturated rings. The van der Waals surface area contributed by atoms with Crippen molar-refractivity contribution in [3.63, 3.8) is 0 Å². The van der Waals surface area contributed by atoms with E-state index in [1.807, 2.05) is 19.9 Å². The average Bonchev–Trinajstić information content (AvgIpc) is 3.32. The number of carbonyl (C=O) groups excluding carboxylic acids is 1. The van der Waals surface area contributed by atoms with Crippen molar-refractivity contribution in [3.05, 3.63) is 60.2 Å². The lowest BCUT2D eigenvalue weighted by Gasteiger charge is -2.18. The van der Waals surface area contributed by atoms with E-state index < -0.39 is 24.3 Å². The molecule has 0 atom stereocenters. The van der Waals surface area contributed by atoms with E-state index in [9.17, 15) is 18.0 Å². The standard InChI is InChI=1S/C21H19F3N4O3/c1-20(2)9-13-4-3-5-17(19(13)31-20)30-10-18(29)27-15-8-14(21(22,23)24)6-7-16(15)28-12-25-11-26-28/h3-8,11-12H,9-10H2,1-2H3,(H,27,29). The van der Waals surface area contributed by atoms with E-state index in [0.29, 0.717) is 17.9 Å². The van der Waals surface area contributed by atoms with E-state index in [0.717, 1.165) is 17.7 Å². The van der Waals surface area contributed by atoms with Crippen molar-refractivity contribution in [2.75, 3.05) is 11.9 Å². The van der Waals surface area contributed by atoms with Gasteiger partial charge in [0.2, 0.25) is 0 Å². The van der Waals surface area contributed by atoms with Crippen molar-refractivity contribution in [1.29, 1.82) is 0 Å². The number of alkyl halides is 3. The molecule has 1 aromatic heterocycles. The lowest BCUT2D eigenvalue weighted by atomic mass is 10.0. The first-order valence-electron chi connectivity index (χ1n) is 9.42. The summed E-state index contributed by atoms with van der Waals surface area (Å²) < 4.78 is 52.2. The molecule has 1 aliphatic rings. The topological polar surface area (TPSA) is 78.3 Å². The number of nitrogens with one attached hydrogen (secondary N) is 1. The molecule has 0 saturated heterocycles. The van der Waals surface area contributed by atoms with E-state index >= 15 is 0 Å². The summed E-state index contributed by atoms with van der Waals surface area (Å²) in [4.78, 5) is 16.3. The van der Waals surface area contributed by atoms with Crippen molar-refractivity contribution in [3.8, 4) is 17.2 Å². The fraction of sp³-hybridized carbons (Fsp3) is 0.286. The summed E-state index contributed by atoms with van der Waals surface area (Å²) in [6, 6.07) is 8.37. The van der Waals surface area contributed by atoms with Crippen LogP contribution in [0.1, 0.15) is 25.0 Å². The molecule has 2 heterocycles. The summed E-state index contributed by atoms with van der Waals surface area (Å²) in [5.74, 6) is 0.344. The fourth-order valence-corrected chi connectivity index (χ4v) is 3.38. The molecule has 162 valence electrons. The first-order valence-corrected chi connectivity index (χ1v) is 9.42. The second-order valence-corrected chi connectivity index (χ2v) is 7.69. The van der Waals surface area contributed by atoms with Crippen LogP contribution in [0.2, 0.25) is 0 Å². The fourth-order valence-electron chi connectivity index (χ4n) is 3.38. The van der Waals surface area contributed by atoms with Gasteiger partial charge in [0, 0.05) is 12.0 Å². The Morgan fingerprint density at radius 2 is 2.10 bits per heavy atom. The van der Waals surface area contributed by atoms with E-state index in [2.05, 4.69) is 15.4 Å². The van der Waals surface area contributed by atoms with Gasteiger partial charge in [-0.2, -0.15) is 18.3 Å². The van der Waals surface area contributed by atoms with Gasteiger partial charge in [-0.15, -0.1) is 0 Å². The molecule has 4 rings (SSSR count). The molecule has 7 nitrogen and oxygen atoms in total. The van der Waals surface area contributed by atoms with Gasteiger partial charge in [0.25, 0.3) is 5.91 Å². The van der Waals surface area contributed by atoms with Crippen molar-refractivity contribution in [1.82, 2.24) is 14.8 Å². The summed E-state index contributed by atoms with van der Waals surface area (Å²) in [5.41, 5.74) is -0.137. The van der Waals surface area contributed by atoms with Gasteiger partial charge in [-0.3, -0.25) is 4.79 Å². The number of nitrogens with zero attached hydrogens (tertiary/aromatic N) is 3. The van der Waals surface area contributed by atoms with Crippen LogP contribution in [0.25, 0.3) is 5.69 Å². The summed E-state index contributed by atoms with van der Waals surface area (Å²) in [7, 11) is 0. The number of rotatable bonds is 5. The van der Waals surface area contributed by atoms with Crippen LogP contribution in [0.4, 0.5) is 18.9 Å². The molecule has 10 heteroatoms. The number of hydrogen-bond acceptors (Lipinski definition) is 5. The zero-order valence-electron chi connectivity index (χ0n) is 16.7. The van der Waals surface area contributed by atoms with Crippen molar-refractivity contribution < 1.29 is 27.4 Å². The molecular formula is C21H19F3N4O3. The summed E-state index contributed by atoms with van der Waals surface area (Å²) in [6.07, 6.45) is -1.30. The third kappa shape index (κ3) is 4.47. The van der Waals surface area contributed by atoms with Crippen LogP contribution in [0.3, 0.4) is 0 Å². The van der Waals surface area contributed by atoms with Gasteiger partial charge in [-0.05, 0) is 38.1 Å². The Hall–Kier alpha value is -3.56. The maximum Gasteiger partial charge on any atom is 0.416 e. The predicted molar refractivity (Wildman–Crippen MR) is 105 cm³/mol. The van der Waals surface area contributed by atoms with Gasteiger partial charge in [0.05, 0.1) is 16.9 Å². The maximum atomic E-state index is 13.2. The third-order valence-corrected chi connectivity index (χ3v) is 4.68. The number of fused-ring (bicyclic) bond motifs is 1. The highest BCUT2D eigenvalue weighted by Gasteiger charge is 2.33. The number of benzene rings is 2. The van der Waals surface area contributed by atoms with Gasteiger partial charge in [-0.25, -0.2) is 9.67 Å². The molecule has 3 aromatic rings. The quantitative estimate of drug-likeness (QED) is 0.659. The molecule has 1 N–H and O–H groups in total. The average molecular weight is 432 g/mol. The minimum Gasteiger partial charge on any atom is -0.483 e. The van der Waals surface area contributed by atoms with E-state index in [1.54, 1.807) is 12.1 Å². The molecule has 31 heavy (non-hydrogen) atoms. The highest BCUT2D eigenvalue weighted by molar-refractivity contribution is 5.94. The van der Waals surface area contributed by atoms with E-state index in [-0.39, 0.29) is 17.0 Å². The van der Waals surface area contributed by atoms with Crippen molar-refractivity contribution >= 4 is 11.6 Å². The van der Waals surface area contributed by atoms with Gasteiger partial charge in [0.1, 0.15) is 18.3 Å². The number of ether oxygens (including phenoxy) is 2. The van der Waals surface area contributed by atoms with Gasteiger partial charge in [-0.1, -0.05) is 12.1 Å². The molecule has 0 bridgehead atoms. The van der Waals surface area contributed by atoms with Crippen LogP contribution in [0.5, 0.6) is 11.5 Å². The van der Waals surface area contributed by atoms with Gasteiger partial charge >= 0.3 is 6.18 Å². The second-order valence-electron chi connectivity index (χ2n) is 7.69. The maximum absolute atomic E-state index is 13.2. The van der Waals surface area contributed by atoms with E-state index in [4.69, 9.17) is 9.47 Å². The highest BCUT2D eigenvalue weighted by Crippen LogP contribution is 2.41. The number of anilines is 1. The lowest BCUT2D eigenvalue weighted by molar-refractivity contribution is -0.137. The number of halogens is 3. The second kappa shape index (κ2) is 7.60. The van der Waals surface area contributed by atoms with Crippen LogP contribution in [-0.2, 0) is 17.4 Å². The number of hydrogen-bond donors (Lipinski definition) is 1.